The fourth-order valence-electron chi connectivity index (χ4n) is 3.39. The van der Waals surface area contributed by atoms with Crippen LogP contribution in [-0.2, 0) is 20.7 Å². The summed E-state index contributed by atoms with van der Waals surface area (Å²) in [6, 6.07) is 5.87. The monoisotopic (exact) mass is 362 g/mol. The zero-order valence-corrected chi connectivity index (χ0v) is 15.0. The number of amides is 2. The largest absolute Gasteiger partial charge is 0.486 e. The molecule has 1 fully saturated rings. The summed E-state index contributed by atoms with van der Waals surface area (Å²) in [6.07, 6.45) is 2.54. The van der Waals surface area contributed by atoms with Crippen LogP contribution in [-0.4, -0.2) is 43.3 Å². The lowest BCUT2D eigenvalue weighted by Crippen LogP contribution is -2.34. The van der Waals surface area contributed by atoms with E-state index < -0.39 is 12.0 Å². The van der Waals surface area contributed by atoms with E-state index in [-0.39, 0.29) is 18.1 Å². The molecule has 2 amide bonds. The Morgan fingerprint density at radius 1 is 1.23 bits per heavy atom. The van der Waals surface area contributed by atoms with Gasteiger partial charge in [0.05, 0.1) is 6.10 Å². The predicted molar refractivity (Wildman–Crippen MR) is 95.1 cm³/mol. The predicted octanol–water partition coefficient (Wildman–Crippen LogP) is 1.32. The molecule has 0 radical (unpaired) electrons. The van der Waals surface area contributed by atoms with Gasteiger partial charge in [0.25, 0.3) is 0 Å². The second kappa shape index (κ2) is 8.40. The SMILES string of the molecule is C[C@H](Cc1ccc2c(c1)OCCO2)NC(=O)CC[C@@H]1CC[C@H](C(N)=O)O1. The molecule has 0 saturated carbocycles. The van der Waals surface area contributed by atoms with E-state index >= 15 is 0 Å². The van der Waals surface area contributed by atoms with Gasteiger partial charge in [-0.05, 0) is 50.3 Å². The van der Waals surface area contributed by atoms with Crippen LogP contribution in [0, 0.1) is 0 Å². The van der Waals surface area contributed by atoms with Gasteiger partial charge in [-0.1, -0.05) is 6.07 Å². The van der Waals surface area contributed by atoms with Crippen LogP contribution in [0.25, 0.3) is 0 Å². The summed E-state index contributed by atoms with van der Waals surface area (Å²) in [7, 11) is 0. The third-order valence-corrected chi connectivity index (χ3v) is 4.67. The Bertz CT molecular complexity index is 663. The van der Waals surface area contributed by atoms with Gasteiger partial charge in [-0.25, -0.2) is 0 Å². The number of carbonyl (C=O) groups excluding carboxylic acids is 2. The van der Waals surface area contributed by atoms with Crippen molar-refractivity contribution in [3.63, 3.8) is 0 Å². The Morgan fingerprint density at radius 3 is 2.73 bits per heavy atom. The van der Waals surface area contributed by atoms with Crippen molar-refractivity contribution in [3.8, 4) is 11.5 Å². The summed E-state index contributed by atoms with van der Waals surface area (Å²) in [5.74, 6) is 1.09. The maximum atomic E-state index is 12.1. The first kappa shape index (κ1) is 18.5. The van der Waals surface area contributed by atoms with E-state index in [0.29, 0.717) is 38.9 Å². The lowest BCUT2D eigenvalue weighted by atomic mass is 10.1. The van der Waals surface area contributed by atoms with Crippen LogP contribution in [0.15, 0.2) is 18.2 Å². The second-order valence-corrected chi connectivity index (χ2v) is 6.92. The maximum Gasteiger partial charge on any atom is 0.246 e. The summed E-state index contributed by atoms with van der Waals surface area (Å²) < 4.78 is 16.7. The summed E-state index contributed by atoms with van der Waals surface area (Å²) in [5, 5.41) is 3.01. The van der Waals surface area contributed by atoms with Gasteiger partial charge in [0.2, 0.25) is 11.8 Å². The van der Waals surface area contributed by atoms with E-state index in [0.717, 1.165) is 23.5 Å². The Morgan fingerprint density at radius 2 is 2.00 bits per heavy atom. The highest BCUT2D eigenvalue weighted by molar-refractivity contribution is 5.79. The van der Waals surface area contributed by atoms with Gasteiger partial charge in [0, 0.05) is 12.5 Å². The Hall–Kier alpha value is -2.28. The van der Waals surface area contributed by atoms with Crippen molar-refractivity contribution in [2.45, 2.75) is 57.3 Å². The van der Waals surface area contributed by atoms with Gasteiger partial charge in [0.15, 0.2) is 11.5 Å². The van der Waals surface area contributed by atoms with Gasteiger partial charge < -0.3 is 25.3 Å². The molecule has 0 spiro atoms. The number of rotatable bonds is 7. The number of hydrogen-bond acceptors (Lipinski definition) is 5. The molecule has 0 bridgehead atoms. The fourth-order valence-corrected chi connectivity index (χ4v) is 3.39. The molecule has 0 aromatic heterocycles. The molecule has 1 saturated heterocycles. The maximum absolute atomic E-state index is 12.1. The lowest BCUT2D eigenvalue weighted by Gasteiger charge is -2.20. The van der Waals surface area contributed by atoms with Crippen LogP contribution in [0.2, 0.25) is 0 Å². The number of nitrogens with one attached hydrogen (secondary N) is 1. The third kappa shape index (κ3) is 4.88. The van der Waals surface area contributed by atoms with E-state index in [9.17, 15) is 9.59 Å². The molecule has 7 nitrogen and oxygen atoms in total. The van der Waals surface area contributed by atoms with Crippen molar-refractivity contribution < 1.29 is 23.8 Å². The topological polar surface area (TPSA) is 99.9 Å². The van der Waals surface area contributed by atoms with Gasteiger partial charge in [0.1, 0.15) is 19.3 Å². The molecule has 1 aromatic carbocycles. The van der Waals surface area contributed by atoms with Crippen LogP contribution in [0.5, 0.6) is 11.5 Å². The van der Waals surface area contributed by atoms with Gasteiger partial charge in [-0.3, -0.25) is 9.59 Å². The van der Waals surface area contributed by atoms with Gasteiger partial charge >= 0.3 is 0 Å². The van der Waals surface area contributed by atoms with Gasteiger partial charge in [-0.2, -0.15) is 0 Å². The van der Waals surface area contributed by atoms with E-state index in [1.54, 1.807) is 0 Å². The zero-order valence-electron chi connectivity index (χ0n) is 15.0. The third-order valence-electron chi connectivity index (χ3n) is 4.67. The number of ether oxygens (including phenoxy) is 3. The standard InChI is InChI=1S/C19H26N2O5/c1-12(10-13-2-5-15-17(11-13)25-9-8-24-15)21-18(22)7-4-14-3-6-16(26-14)19(20)23/h2,5,11-12,14,16H,3-4,6-10H2,1H3,(H2,20,23)(H,21,22)/t12-,14+,16-/m1/s1. The van der Waals surface area contributed by atoms with E-state index in [4.69, 9.17) is 19.9 Å². The molecule has 7 heteroatoms. The van der Waals surface area contributed by atoms with Crippen LogP contribution < -0.4 is 20.5 Å². The van der Waals surface area contributed by atoms with Crippen molar-refractivity contribution in [1.82, 2.24) is 5.32 Å². The molecule has 3 atom stereocenters. The normalized spacial score (nSPS) is 22.7. The second-order valence-electron chi connectivity index (χ2n) is 6.92. The number of fused-ring (bicyclic) bond motifs is 1. The van der Waals surface area contributed by atoms with Crippen LogP contribution in [0.3, 0.4) is 0 Å². The molecule has 3 rings (SSSR count). The van der Waals surface area contributed by atoms with E-state index in [1.807, 2.05) is 25.1 Å². The average molecular weight is 362 g/mol. The quantitative estimate of drug-likeness (QED) is 0.762. The minimum absolute atomic E-state index is 0.00734. The molecule has 0 aliphatic carbocycles. The van der Waals surface area contributed by atoms with Crippen molar-refractivity contribution in [2.75, 3.05) is 13.2 Å². The lowest BCUT2D eigenvalue weighted by molar-refractivity contribution is -0.129. The Balaban J connectivity index is 1.41. The van der Waals surface area contributed by atoms with Gasteiger partial charge in [-0.15, -0.1) is 0 Å². The van der Waals surface area contributed by atoms with Crippen molar-refractivity contribution in [2.24, 2.45) is 5.73 Å². The van der Waals surface area contributed by atoms with Crippen molar-refractivity contribution in [3.05, 3.63) is 23.8 Å². The zero-order chi connectivity index (χ0) is 18.5. The average Bonchev–Trinajstić information content (AvgIpc) is 3.09. The molecule has 1 aromatic rings. The minimum atomic E-state index is -0.503. The fraction of sp³-hybridized carbons (Fsp3) is 0.579. The molecule has 142 valence electrons. The van der Waals surface area contributed by atoms with Crippen LogP contribution >= 0.6 is 0 Å². The van der Waals surface area contributed by atoms with Crippen LogP contribution in [0.4, 0.5) is 0 Å². The summed E-state index contributed by atoms with van der Waals surface area (Å²) in [4.78, 5) is 23.2. The first-order chi connectivity index (χ1) is 12.5. The number of primary amides is 1. The molecular formula is C19H26N2O5. The summed E-state index contributed by atoms with van der Waals surface area (Å²) in [6.45, 7) is 3.11. The molecular weight excluding hydrogens is 336 g/mol. The highest BCUT2D eigenvalue weighted by Gasteiger charge is 2.29. The van der Waals surface area contributed by atoms with Crippen molar-refractivity contribution >= 4 is 11.8 Å². The Kier molecular flexibility index (Phi) is 5.98. The van der Waals surface area contributed by atoms with E-state index in [2.05, 4.69) is 5.32 Å². The number of hydrogen-bond donors (Lipinski definition) is 2. The first-order valence-electron chi connectivity index (χ1n) is 9.14. The Labute approximate surface area is 153 Å². The van der Waals surface area contributed by atoms with Crippen molar-refractivity contribution in [1.29, 1.82) is 0 Å². The smallest absolute Gasteiger partial charge is 0.246 e. The van der Waals surface area contributed by atoms with Crippen LogP contribution in [0.1, 0.15) is 38.2 Å². The molecule has 26 heavy (non-hydrogen) atoms. The minimum Gasteiger partial charge on any atom is -0.486 e. The molecule has 2 heterocycles. The highest BCUT2D eigenvalue weighted by Crippen LogP contribution is 2.31. The number of carbonyl (C=O) groups is 2. The number of benzene rings is 1. The highest BCUT2D eigenvalue weighted by atomic mass is 16.6. The first-order valence-corrected chi connectivity index (χ1v) is 9.14. The number of nitrogens with two attached hydrogens (primary N) is 1. The molecule has 3 N–H and O–H groups in total. The molecule has 2 aliphatic heterocycles. The summed E-state index contributed by atoms with van der Waals surface area (Å²) in [5.41, 5.74) is 6.33. The molecule has 2 aliphatic rings. The van der Waals surface area contributed by atoms with E-state index in [1.165, 1.54) is 0 Å². The molecule has 0 unspecified atom stereocenters. The summed E-state index contributed by atoms with van der Waals surface area (Å²) >= 11 is 0.